The number of thiazole rings is 1. The van der Waals surface area contributed by atoms with Gasteiger partial charge in [0.05, 0.1) is 5.69 Å². The fourth-order valence-electron chi connectivity index (χ4n) is 3.82. The van der Waals surface area contributed by atoms with E-state index in [-0.39, 0.29) is 5.91 Å². The van der Waals surface area contributed by atoms with Crippen molar-refractivity contribution in [2.75, 3.05) is 13.1 Å². The number of carbonyl (C=O) groups excluding carboxylic acids is 1. The Balaban J connectivity index is 1.32. The summed E-state index contributed by atoms with van der Waals surface area (Å²) in [5, 5.41) is 6.27. The third-order valence-electron chi connectivity index (χ3n) is 5.20. The topological polar surface area (TPSA) is 68.3 Å². The van der Waals surface area contributed by atoms with Crippen LogP contribution in [0.15, 0.2) is 18.0 Å². The number of carbonyl (C=O) groups is 1. The van der Waals surface area contributed by atoms with Crippen LogP contribution < -0.4 is 0 Å². The van der Waals surface area contributed by atoms with E-state index in [1.54, 1.807) is 22.3 Å². The zero-order valence-corrected chi connectivity index (χ0v) is 16.1. The van der Waals surface area contributed by atoms with Crippen molar-refractivity contribution >= 4 is 22.1 Å². The van der Waals surface area contributed by atoms with Crippen LogP contribution >= 0.6 is 11.3 Å². The number of rotatable bonds is 5. The Bertz CT molecular complexity index is 888. The predicted octanol–water partition coefficient (Wildman–Crippen LogP) is 2.79. The van der Waals surface area contributed by atoms with Crippen molar-refractivity contribution in [1.82, 2.24) is 29.0 Å². The minimum atomic E-state index is 0.252. The molecule has 1 fully saturated rings. The van der Waals surface area contributed by atoms with Gasteiger partial charge in [0.25, 0.3) is 0 Å². The summed E-state index contributed by atoms with van der Waals surface area (Å²) in [5.41, 5.74) is 2.47. The van der Waals surface area contributed by atoms with Gasteiger partial charge in [-0.1, -0.05) is 0 Å². The minimum Gasteiger partial charge on any atom is -0.343 e. The minimum absolute atomic E-state index is 0.252. The highest BCUT2D eigenvalue weighted by atomic mass is 32.1. The molecule has 0 spiro atoms. The van der Waals surface area contributed by atoms with Crippen molar-refractivity contribution in [3.05, 3.63) is 35.2 Å². The second kappa shape index (κ2) is 7.19. The molecule has 0 radical (unpaired) electrons. The van der Waals surface area contributed by atoms with Crippen molar-refractivity contribution in [2.24, 2.45) is 0 Å². The van der Waals surface area contributed by atoms with Gasteiger partial charge in [-0.2, -0.15) is 5.10 Å². The molecule has 0 saturated carbocycles. The Labute approximate surface area is 156 Å². The normalized spacial score (nSPS) is 15.8. The smallest absolute Gasteiger partial charge is 0.222 e. The summed E-state index contributed by atoms with van der Waals surface area (Å²) in [4.78, 5) is 24.5. The van der Waals surface area contributed by atoms with Crippen LogP contribution in [0.2, 0.25) is 0 Å². The highest BCUT2D eigenvalue weighted by Gasteiger charge is 2.27. The summed E-state index contributed by atoms with van der Waals surface area (Å²) in [6.45, 7) is 6.60. The maximum atomic E-state index is 12.5. The zero-order valence-electron chi connectivity index (χ0n) is 15.3. The molecular weight excluding hydrogens is 348 g/mol. The van der Waals surface area contributed by atoms with E-state index in [2.05, 4.69) is 33.7 Å². The van der Waals surface area contributed by atoms with Gasteiger partial charge >= 0.3 is 0 Å². The van der Waals surface area contributed by atoms with Crippen molar-refractivity contribution in [1.29, 1.82) is 0 Å². The van der Waals surface area contributed by atoms with Crippen LogP contribution in [-0.2, 0) is 11.3 Å². The van der Waals surface area contributed by atoms with Gasteiger partial charge in [0.15, 0.2) is 0 Å². The number of piperidine rings is 1. The molecule has 0 N–H and O–H groups in total. The molecule has 0 aliphatic carbocycles. The van der Waals surface area contributed by atoms with Gasteiger partial charge in [0.2, 0.25) is 5.91 Å². The average molecular weight is 372 g/mol. The summed E-state index contributed by atoms with van der Waals surface area (Å²) < 4.78 is 4.02. The summed E-state index contributed by atoms with van der Waals surface area (Å²) in [6.07, 6.45) is 6.59. The second-order valence-corrected chi connectivity index (χ2v) is 7.84. The second-order valence-electron chi connectivity index (χ2n) is 6.98. The van der Waals surface area contributed by atoms with Crippen LogP contribution in [0.25, 0.3) is 4.83 Å². The highest BCUT2D eigenvalue weighted by molar-refractivity contribution is 7.15. The lowest BCUT2D eigenvalue weighted by atomic mass is 9.94. The molecule has 4 heterocycles. The third kappa shape index (κ3) is 3.25. The van der Waals surface area contributed by atoms with Gasteiger partial charge in [-0.25, -0.2) is 9.97 Å². The number of amides is 1. The molecule has 0 aromatic carbocycles. The quantitative estimate of drug-likeness (QED) is 0.691. The molecule has 1 aliphatic rings. The first-order valence-corrected chi connectivity index (χ1v) is 10.0. The fraction of sp³-hybridized carbons (Fsp3) is 0.556. The van der Waals surface area contributed by atoms with Crippen LogP contribution in [-0.4, -0.2) is 48.0 Å². The number of fused-ring (bicyclic) bond motifs is 1. The lowest BCUT2D eigenvalue weighted by Gasteiger charge is -2.31. The van der Waals surface area contributed by atoms with Crippen molar-refractivity contribution in [2.45, 2.75) is 52.0 Å². The van der Waals surface area contributed by atoms with E-state index in [1.807, 2.05) is 4.90 Å². The summed E-state index contributed by atoms with van der Waals surface area (Å²) in [6, 6.07) is 0. The van der Waals surface area contributed by atoms with Gasteiger partial charge in [-0.3, -0.25) is 13.9 Å². The molecule has 3 aromatic heterocycles. The molecule has 0 bridgehead atoms. The third-order valence-corrected chi connectivity index (χ3v) is 6.27. The maximum absolute atomic E-state index is 12.5. The number of aryl methyl sites for hydroxylation is 3. The Hall–Kier alpha value is -2.22. The van der Waals surface area contributed by atoms with E-state index in [1.165, 1.54) is 22.5 Å². The molecule has 138 valence electrons. The van der Waals surface area contributed by atoms with E-state index < -0.39 is 0 Å². The van der Waals surface area contributed by atoms with E-state index in [0.29, 0.717) is 12.3 Å². The van der Waals surface area contributed by atoms with E-state index >= 15 is 0 Å². The number of aromatic nitrogens is 5. The standard InChI is InChI=1S/C18H24N6OS/c1-13-10-26-18-17(21-14(2)24(13)18)15-5-8-22(9-6-15)16(25)4-3-7-23-12-19-11-20-23/h10-12,15H,3-9H2,1-2H3. The fourth-order valence-corrected chi connectivity index (χ4v) is 4.92. The first kappa shape index (κ1) is 17.2. The Morgan fingerprint density at radius 3 is 2.85 bits per heavy atom. The highest BCUT2D eigenvalue weighted by Crippen LogP contribution is 2.34. The number of likely N-dealkylation sites (tertiary alicyclic amines) is 1. The van der Waals surface area contributed by atoms with Gasteiger partial charge in [0.1, 0.15) is 23.3 Å². The van der Waals surface area contributed by atoms with Gasteiger partial charge in [-0.05, 0) is 33.1 Å². The van der Waals surface area contributed by atoms with Gasteiger partial charge in [0, 0.05) is 43.0 Å². The number of hydrogen-bond acceptors (Lipinski definition) is 5. The van der Waals surface area contributed by atoms with Crippen LogP contribution in [0.1, 0.15) is 48.8 Å². The van der Waals surface area contributed by atoms with E-state index in [4.69, 9.17) is 4.98 Å². The van der Waals surface area contributed by atoms with Crippen LogP contribution in [0, 0.1) is 13.8 Å². The zero-order chi connectivity index (χ0) is 18.1. The lowest BCUT2D eigenvalue weighted by Crippen LogP contribution is -2.38. The van der Waals surface area contributed by atoms with E-state index in [9.17, 15) is 4.79 Å². The molecule has 4 rings (SSSR count). The lowest BCUT2D eigenvalue weighted by molar-refractivity contribution is -0.132. The summed E-state index contributed by atoms with van der Waals surface area (Å²) >= 11 is 1.78. The summed E-state index contributed by atoms with van der Waals surface area (Å²) in [5.74, 6) is 1.78. The maximum Gasteiger partial charge on any atom is 0.222 e. The molecular formula is C18H24N6OS. The molecule has 0 atom stereocenters. The Morgan fingerprint density at radius 2 is 2.12 bits per heavy atom. The van der Waals surface area contributed by atoms with Gasteiger partial charge < -0.3 is 4.90 Å². The van der Waals surface area contributed by atoms with Crippen molar-refractivity contribution in [3.8, 4) is 0 Å². The van der Waals surface area contributed by atoms with Crippen molar-refractivity contribution < 1.29 is 4.79 Å². The number of imidazole rings is 1. The molecule has 1 saturated heterocycles. The monoisotopic (exact) mass is 372 g/mol. The number of hydrogen-bond donors (Lipinski definition) is 0. The molecule has 26 heavy (non-hydrogen) atoms. The largest absolute Gasteiger partial charge is 0.343 e. The predicted molar refractivity (Wildman–Crippen MR) is 100 cm³/mol. The molecule has 8 heteroatoms. The van der Waals surface area contributed by atoms with Crippen molar-refractivity contribution in [3.63, 3.8) is 0 Å². The first-order valence-electron chi connectivity index (χ1n) is 9.16. The average Bonchev–Trinajstić information content (AvgIpc) is 3.35. The molecule has 1 aliphatic heterocycles. The molecule has 3 aromatic rings. The Kier molecular flexibility index (Phi) is 4.76. The number of nitrogens with zero attached hydrogens (tertiary/aromatic N) is 6. The van der Waals surface area contributed by atoms with Crippen LogP contribution in [0.4, 0.5) is 0 Å². The first-order chi connectivity index (χ1) is 12.6. The molecule has 0 unspecified atom stereocenters. The van der Waals surface area contributed by atoms with Crippen LogP contribution in [0.5, 0.6) is 0 Å². The molecule has 7 nitrogen and oxygen atoms in total. The molecule has 1 amide bonds. The Morgan fingerprint density at radius 1 is 1.31 bits per heavy atom. The van der Waals surface area contributed by atoms with Gasteiger partial charge in [-0.15, -0.1) is 11.3 Å². The van der Waals surface area contributed by atoms with Crippen LogP contribution in [0.3, 0.4) is 0 Å². The summed E-state index contributed by atoms with van der Waals surface area (Å²) in [7, 11) is 0. The SMILES string of the molecule is Cc1csc2c(C3CCN(C(=O)CCCn4cncn4)CC3)nc(C)n12. The van der Waals surface area contributed by atoms with E-state index in [0.717, 1.165) is 44.7 Å².